The highest BCUT2D eigenvalue weighted by molar-refractivity contribution is 7.90. The van der Waals surface area contributed by atoms with Gasteiger partial charge in [0.05, 0.1) is 11.4 Å². The summed E-state index contributed by atoms with van der Waals surface area (Å²) < 4.78 is 54.7. The number of carbonyl (C=O) groups is 1. The Labute approximate surface area is 175 Å². The van der Waals surface area contributed by atoms with Crippen molar-refractivity contribution in [3.63, 3.8) is 0 Å². The monoisotopic (exact) mass is 438 g/mol. The number of halogens is 2. The van der Waals surface area contributed by atoms with Crippen LogP contribution in [0.5, 0.6) is 0 Å². The average molecular weight is 439 g/mol. The summed E-state index contributed by atoms with van der Waals surface area (Å²) in [4.78, 5) is 16.3. The first kappa shape index (κ1) is 22.0. The van der Waals surface area contributed by atoms with Crippen LogP contribution in [0.4, 0.5) is 20.2 Å². The second-order valence-corrected chi connectivity index (χ2v) is 9.16. The summed E-state index contributed by atoms with van der Waals surface area (Å²) in [5.41, 5.74) is 0.677. The molecule has 2 aromatic rings. The van der Waals surface area contributed by atoms with Gasteiger partial charge in [0, 0.05) is 40.3 Å². The van der Waals surface area contributed by atoms with Gasteiger partial charge in [0.15, 0.2) is 0 Å². The number of piperazine rings is 1. The Morgan fingerprint density at radius 1 is 0.967 bits per heavy atom. The second kappa shape index (κ2) is 8.97. The van der Waals surface area contributed by atoms with Crippen molar-refractivity contribution in [1.82, 2.24) is 9.21 Å². The Bertz CT molecular complexity index is 991. The van der Waals surface area contributed by atoms with Crippen molar-refractivity contribution >= 4 is 27.5 Å². The SMILES string of the molecule is CN(C)S(=O)(=O)N(CC(=O)N1CCN(c2ccccc2F)CC1)c1ccc(F)cc1. The third-order valence-corrected chi connectivity index (χ3v) is 6.78. The quantitative estimate of drug-likeness (QED) is 0.692. The molecule has 1 fully saturated rings. The molecule has 0 aliphatic carbocycles. The summed E-state index contributed by atoms with van der Waals surface area (Å²) in [5, 5.41) is 0. The van der Waals surface area contributed by atoms with Crippen molar-refractivity contribution in [3.8, 4) is 0 Å². The molecule has 0 spiro atoms. The molecule has 3 rings (SSSR count). The van der Waals surface area contributed by atoms with E-state index in [0.29, 0.717) is 31.9 Å². The molecule has 30 heavy (non-hydrogen) atoms. The smallest absolute Gasteiger partial charge is 0.304 e. The lowest BCUT2D eigenvalue weighted by Crippen LogP contribution is -2.53. The van der Waals surface area contributed by atoms with Gasteiger partial charge in [-0.3, -0.25) is 4.79 Å². The molecular formula is C20H24F2N4O3S. The van der Waals surface area contributed by atoms with E-state index in [1.165, 1.54) is 32.3 Å². The normalized spacial score (nSPS) is 14.8. The zero-order chi connectivity index (χ0) is 21.9. The number of rotatable bonds is 6. The lowest BCUT2D eigenvalue weighted by molar-refractivity contribution is -0.129. The largest absolute Gasteiger partial charge is 0.366 e. The molecule has 1 heterocycles. The molecule has 1 aliphatic rings. The summed E-state index contributed by atoms with van der Waals surface area (Å²) in [7, 11) is -1.23. The fourth-order valence-corrected chi connectivity index (χ4v) is 4.29. The molecule has 0 saturated carbocycles. The molecule has 1 aliphatic heterocycles. The third-order valence-electron chi connectivity index (χ3n) is 4.96. The lowest BCUT2D eigenvalue weighted by atomic mass is 10.2. The van der Waals surface area contributed by atoms with E-state index in [2.05, 4.69) is 0 Å². The molecule has 162 valence electrons. The van der Waals surface area contributed by atoms with Gasteiger partial charge < -0.3 is 9.80 Å². The van der Waals surface area contributed by atoms with Gasteiger partial charge in [-0.15, -0.1) is 0 Å². The number of anilines is 2. The lowest BCUT2D eigenvalue weighted by Gasteiger charge is -2.37. The molecule has 2 aromatic carbocycles. The predicted octanol–water partition coefficient (Wildman–Crippen LogP) is 1.93. The van der Waals surface area contributed by atoms with E-state index < -0.39 is 22.6 Å². The van der Waals surface area contributed by atoms with E-state index in [-0.39, 0.29) is 17.4 Å². The Hall–Kier alpha value is -2.72. The van der Waals surface area contributed by atoms with Gasteiger partial charge in [-0.2, -0.15) is 12.7 Å². The van der Waals surface area contributed by atoms with E-state index in [1.54, 1.807) is 23.1 Å². The molecule has 1 amide bonds. The molecule has 0 bridgehead atoms. The van der Waals surface area contributed by atoms with E-state index in [9.17, 15) is 22.0 Å². The van der Waals surface area contributed by atoms with Gasteiger partial charge in [-0.1, -0.05) is 12.1 Å². The Kier molecular flexibility index (Phi) is 6.57. The maximum absolute atomic E-state index is 14.0. The van der Waals surface area contributed by atoms with Gasteiger partial charge in [0.25, 0.3) is 0 Å². The summed E-state index contributed by atoms with van der Waals surface area (Å²) in [6.07, 6.45) is 0. The zero-order valence-electron chi connectivity index (χ0n) is 16.8. The molecule has 0 radical (unpaired) electrons. The fourth-order valence-electron chi connectivity index (χ4n) is 3.24. The van der Waals surface area contributed by atoms with E-state index >= 15 is 0 Å². The fraction of sp³-hybridized carbons (Fsp3) is 0.350. The topological polar surface area (TPSA) is 64.2 Å². The zero-order valence-corrected chi connectivity index (χ0v) is 17.6. The van der Waals surface area contributed by atoms with Gasteiger partial charge in [0.1, 0.15) is 18.2 Å². The van der Waals surface area contributed by atoms with Gasteiger partial charge in [-0.25, -0.2) is 13.1 Å². The van der Waals surface area contributed by atoms with Crippen LogP contribution < -0.4 is 9.21 Å². The summed E-state index contributed by atoms with van der Waals surface area (Å²) >= 11 is 0. The van der Waals surface area contributed by atoms with E-state index in [1.807, 2.05) is 4.90 Å². The number of hydrogen-bond donors (Lipinski definition) is 0. The first-order chi connectivity index (χ1) is 14.2. The standard InChI is InChI=1S/C20H24F2N4O3S/c1-23(2)30(28,29)26(17-9-7-16(21)8-10-17)15-20(27)25-13-11-24(12-14-25)19-6-4-3-5-18(19)22/h3-10H,11-15H2,1-2H3. The van der Waals surface area contributed by atoms with Crippen LogP contribution in [0.1, 0.15) is 0 Å². The number of para-hydroxylation sites is 1. The molecule has 0 unspecified atom stereocenters. The van der Waals surface area contributed by atoms with Crippen LogP contribution in [0.15, 0.2) is 48.5 Å². The van der Waals surface area contributed by atoms with Crippen molar-refractivity contribution in [2.75, 3.05) is 56.0 Å². The highest BCUT2D eigenvalue weighted by Crippen LogP contribution is 2.22. The van der Waals surface area contributed by atoms with Crippen LogP contribution >= 0.6 is 0 Å². The summed E-state index contributed by atoms with van der Waals surface area (Å²) in [6.45, 7) is 1.14. The van der Waals surface area contributed by atoms with Gasteiger partial charge >= 0.3 is 10.2 Å². The number of amides is 1. The average Bonchev–Trinajstić information content (AvgIpc) is 2.73. The summed E-state index contributed by atoms with van der Waals surface area (Å²) in [5.74, 6) is -1.20. The molecule has 0 atom stereocenters. The van der Waals surface area contributed by atoms with Gasteiger partial charge in [-0.05, 0) is 36.4 Å². The molecular weight excluding hydrogens is 414 g/mol. The third kappa shape index (κ3) is 4.71. The highest BCUT2D eigenvalue weighted by Gasteiger charge is 2.30. The first-order valence-electron chi connectivity index (χ1n) is 9.43. The number of benzene rings is 2. The van der Waals surface area contributed by atoms with Crippen molar-refractivity contribution < 1.29 is 22.0 Å². The Balaban J connectivity index is 1.72. The van der Waals surface area contributed by atoms with Crippen LogP contribution in [0.3, 0.4) is 0 Å². The second-order valence-electron chi connectivity index (χ2n) is 7.09. The maximum atomic E-state index is 14.0. The first-order valence-corrected chi connectivity index (χ1v) is 10.8. The van der Waals surface area contributed by atoms with Crippen molar-refractivity contribution in [2.24, 2.45) is 0 Å². The van der Waals surface area contributed by atoms with Crippen LogP contribution in [0.25, 0.3) is 0 Å². The number of hydrogen-bond acceptors (Lipinski definition) is 4. The minimum atomic E-state index is -3.96. The van der Waals surface area contributed by atoms with Crippen molar-refractivity contribution in [1.29, 1.82) is 0 Å². The van der Waals surface area contributed by atoms with Crippen molar-refractivity contribution in [3.05, 3.63) is 60.2 Å². The summed E-state index contributed by atoms with van der Waals surface area (Å²) in [6, 6.07) is 11.4. The maximum Gasteiger partial charge on any atom is 0.304 e. The van der Waals surface area contributed by atoms with E-state index in [4.69, 9.17) is 0 Å². The van der Waals surface area contributed by atoms with Crippen LogP contribution in [0, 0.1) is 11.6 Å². The molecule has 7 nitrogen and oxygen atoms in total. The molecule has 1 saturated heterocycles. The highest BCUT2D eigenvalue weighted by atomic mass is 32.2. The number of carbonyl (C=O) groups excluding carboxylic acids is 1. The van der Waals surface area contributed by atoms with E-state index in [0.717, 1.165) is 20.7 Å². The van der Waals surface area contributed by atoms with Gasteiger partial charge in [0.2, 0.25) is 5.91 Å². The molecule has 0 N–H and O–H groups in total. The van der Waals surface area contributed by atoms with Crippen LogP contribution in [0.2, 0.25) is 0 Å². The van der Waals surface area contributed by atoms with Crippen molar-refractivity contribution in [2.45, 2.75) is 0 Å². The number of nitrogens with zero attached hydrogens (tertiary/aromatic N) is 4. The van der Waals surface area contributed by atoms with Crippen LogP contribution in [-0.4, -0.2) is 70.3 Å². The molecule has 10 heteroatoms. The predicted molar refractivity (Wildman–Crippen MR) is 112 cm³/mol. The molecule has 0 aromatic heterocycles. The minimum absolute atomic E-state index is 0.198. The Morgan fingerprint density at radius 3 is 2.13 bits per heavy atom. The minimum Gasteiger partial charge on any atom is -0.366 e. The van der Waals surface area contributed by atoms with Crippen LogP contribution in [-0.2, 0) is 15.0 Å². The Morgan fingerprint density at radius 2 is 1.57 bits per heavy atom.